The quantitative estimate of drug-likeness (QED) is 0.218. The fourth-order valence-electron chi connectivity index (χ4n) is 0.0680. The third-order valence-electron chi connectivity index (χ3n) is 0.439. The Morgan fingerprint density at radius 3 is 1.04 bits per heavy atom. The Kier molecular flexibility index (Phi) is 1410. The summed E-state index contributed by atoms with van der Waals surface area (Å²) in [4.78, 5) is 9.19. The van der Waals surface area contributed by atoms with Gasteiger partial charge < -0.3 is 17.4 Å². The van der Waals surface area contributed by atoms with Crippen LogP contribution in [-0.4, -0.2) is 12.0 Å². The summed E-state index contributed by atoms with van der Waals surface area (Å²) in [6.45, 7) is 30.8. The summed E-state index contributed by atoms with van der Waals surface area (Å²) in [5, 5.41) is 0. The number of allylic oxidation sites excluding steroid dienone is 2. The van der Waals surface area contributed by atoms with Crippen LogP contribution in [0.2, 0.25) is 0 Å². The van der Waals surface area contributed by atoms with Gasteiger partial charge in [-0.15, -0.1) is 6.92 Å². The average Bonchev–Trinajstić information content (AvgIpc) is 2.66. The molecule has 0 aliphatic rings. The summed E-state index contributed by atoms with van der Waals surface area (Å²) in [5.74, 6) is 0.903. The van der Waals surface area contributed by atoms with Crippen molar-refractivity contribution in [2.45, 2.75) is 20.3 Å². The molecule has 0 aromatic rings. The Morgan fingerprint density at radius 1 is 0.870 bits per heavy atom. The first-order valence-corrected chi connectivity index (χ1v) is 4.70. The Morgan fingerprint density at radius 2 is 1.04 bits per heavy atom. The van der Waals surface area contributed by atoms with Gasteiger partial charge in [-0.3, -0.25) is 0 Å². The van der Waals surface area contributed by atoms with E-state index in [-0.39, 0.29) is 34.1 Å². The van der Waals surface area contributed by atoms with Crippen LogP contribution in [0.3, 0.4) is 0 Å². The molecule has 0 aromatic heterocycles. The molecule has 0 atom stereocenters. The van der Waals surface area contributed by atoms with E-state index in [4.69, 9.17) is 27.9 Å². The molecule has 23 heavy (non-hydrogen) atoms. The minimum atomic E-state index is 0. The average molecular weight is 424 g/mol. The minimum absolute atomic E-state index is 0. The number of hydrogen-bond acceptors (Lipinski definition) is 2. The molecule has 0 aliphatic heterocycles. The van der Waals surface area contributed by atoms with Gasteiger partial charge in [0.25, 0.3) is 0 Å². The fourth-order valence-corrected chi connectivity index (χ4v) is 0.0680. The van der Waals surface area contributed by atoms with Crippen LogP contribution in [0, 0.1) is 39.9 Å². The van der Waals surface area contributed by atoms with Gasteiger partial charge >= 0.3 is 84.9 Å². The molecule has 10 heteroatoms. The van der Waals surface area contributed by atoms with Gasteiger partial charge in [-0.2, -0.15) is 11.8 Å². The van der Waals surface area contributed by atoms with Gasteiger partial charge in [0.1, 0.15) is 0 Å². The maximum absolute atomic E-state index is 9.19. The molecule has 0 N–H and O–H groups in total. The van der Waals surface area contributed by atoms with E-state index in [2.05, 4.69) is 59.5 Å². The standard InChI is InChI=1S/C4H5O.C3H8S.6CO.2Fe/c1-2-3-4-5;1-2-3-4;6*1-2;;/h2-3H,1H3;4H,2-3H2,1H3;;;;;;;;/q-1;;;;;;;;;+2/p-1/b3-2+;;;;;;;;;. The van der Waals surface area contributed by atoms with Gasteiger partial charge in [0.2, 0.25) is 0 Å². The first kappa shape index (κ1) is 67.0. The molecule has 0 aromatic carbocycles. The van der Waals surface area contributed by atoms with Gasteiger partial charge in [0, 0.05) is 17.1 Å². The largest absolute Gasteiger partial charge is 2.00 e. The van der Waals surface area contributed by atoms with Crippen molar-refractivity contribution in [2.24, 2.45) is 0 Å². The Labute approximate surface area is 163 Å². The van der Waals surface area contributed by atoms with Crippen molar-refractivity contribution in [3.63, 3.8) is 0 Å². The maximum atomic E-state index is 9.19. The first-order chi connectivity index (χ1) is 10.3. The van der Waals surface area contributed by atoms with E-state index >= 15 is 0 Å². The topological polar surface area (TPSA) is 136 Å². The second-order valence-electron chi connectivity index (χ2n) is 1.32. The van der Waals surface area contributed by atoms with E-state index in [1.165, 1.54) is 6.08 Å². The van der Waals surface area contributed by atoms with E-state index in [0.29, 0.717) is 0 Å². The molecule has 0 amide bonds. The molecule has 0 aliphatic carbocycles. The normalized spacial score (nSPS) is 3.78. The summed E-state index contributed by atoms with van der Waals surface area (Å²) in [6.07, 6.45) is 5.67. The molecule has 0 saturated carbocycles. The van der Waals surface area contributed by atoms with E-state index in [9.17, 15) is 4.79 Å². The molecular formula is C13H12Fe2O7S. The summed E-state index contributed by atoms with van der Waals surface area (Å²) >= 11 is 4.55. The van der Waals surface area contributed by atoms with Crippen LogP contribution >= 0.6 is 0 Å². The third-order valence-corrected chi connectivity index (χ3v) is 0.847. The van der Waals surface area contributed by atoms with E-state index < -0.39 is 0 Å². The van der Waals surface area contributed by atoms with Crippen molar-refractivity contribution < 1.29 is 66.8 Å². The van der Waals surface area contributed by atoms with Crippen LogP contribution in [0.1, 0.15) is 20.3 Å². The van der Waals surface area contributed by atoms with Crippen LogP contribution in [0.25, 0.3) is 0 Å². The fraction of sp³-hybridized carbons (Fsp3) is 0.308. The molecule has 7 nitrogen and oxygen atoms in total. The van der Waals surface area contributed by atoms with Crippen molar-refractivity contribution in [1.29, 1.82) is 0 Å². The molecule has 0 spiro atoms. The van der Waals surface area contributed by atoms with Gasteiger partial charge in [-0.1, -0.05) is 13.3 Å². The van der Waals surface area contributed by atoms with Crippen LogP contribution in [0.15, 0.2) is 12.2 Å². The predicted octanol–water partition coefficient (Wildman–Crippen LogP) is 1.39. The SMILES string of the molecule is C/C=C/[C-]=O.CCC[S-].[C-]#[O+].[C-]#[O+].[C-]#[O+].[C-]#[O+].[C-]#[O+].[C-]#[O+].[Fe+2].[Fe]. The van der Waals surface area contributed by atoms with E-state index in [1.807, 2.05) is 0 Å². The zero-order chi connectivity index (χ0) is 19.5. The second-order valence-corrected chi connectivity index (χ2v) is 1.73. The van der Waals surface area contributed by atoms with Crippen molar-refractivity contribution in [1.82, 2.24) is 0 Å². The molecule has 0 radical (unpaired) electrons. The van der Waals surface area contributed by atoms with Gasteiger partial charge in [-0.25, -0.2) is 6.08 Å². The molecule has 128 valence electrons. The van der Waals surface area contributed by atoms with Crippen LogP contribution in [0.5, 0.6) is 0 Å². The summed E-state index contributed by atoms with van der Waals surface area (Å²) in [5.41, 5.74) is 0. The molecule has 0 bridgehead atoms. The molecular weight excluding hydrogens is 412 g/mol. The smallest absolute Gasteiger partial charge is 0 e. The number of rotatable bonds is 2. The molecule has 0 fully saturated rings. The third kappa shape index (κ3) is 1570. The van der Waals surface area contributed by atoms with Crippen LogP contribution < -0.4 is 0 Å². The minimum Gasteiger partial charge on any atom is 0 e. The first-order valence-electron chi connectivity index (χ1n) is 4.12. The molecule has 0 saturated heterocycles. The molecule has 0 unspecified atom stereocenters. The number of carbonyl (C=O) groups excluding carboxylic acids is 1. The van der Waals surface area contributed by atoms with Gasteiger partial charge in [0.15, 0.2) is 0 Å². The summed E-state index contributed by atoms with van der Waals surface area (Å²) in [6, 6.07) is 0. The zero-order valence-electron chi connectivity index (χ0n) is 12.0. The van der Waals surface area contributed by atoms with Gasteiger partial charge in [0.05, 0.1) is 0 Å². The van der Waals surface area contributed by atoms with Crippen molar-refractivity contribution in [3.8, 4) is 0 Å². The molecule has 0 rings (SSSR count). The predicted molar refractivity (Wildman–Crippen MR) is 66.6 cm³/mol. The monoisotopic (exact) mass is 424 g/mol. The van der Waals surface area contributed by atoms with Gasteiger partial charge in [-0.05, 0) is 6.29 Å². The van der Waals surface area contributed by atoms with Crippen molar-refractivity contribution in [3.05, 3.63) is 52.1 Å². The van der Waals surface area contributed by atoms with E-state index in [1.54, 1.807) is 19.3 Å². The Bertz CT molecular complexity index is 220. The Balaban J connectivity index is -0.0000000108. The maximum Gasteiger partial charge on any atom is 2.00 e. The summed E-state index contributed by atoms with van der Waals surface area (Å²) in [7, 11) is 0. The summed E-state index contributed by atoms with van der Waals surface area (Å²) < 4.78 is 45.0. The van der Waals surface area contributed by atoms with Crippen LogP contribution in [0.4, 0.5) is 0 Å². The Hall–Kier alpha value is -0.761. The van der Waals surface area contributed by atoms with E-state index in [0.717, 1.165) is 12.2 Å². The van der Waals surface area contributed by atoms with Crippen molar-refractivity contribution >= 4 is 18.9 Å². The zero-order valence-corrected chi connectivity index (χ0v) is 15.1. The van der Waals surface area contributed by atoms with Crippen LogP contribution in [-0.2, 0) is 79.5 Å². The number of hydrogen-bond donors (Lipinski definition) is 0. The molecule has 0 heterocycles. The second kappa shape index (κ2) is 484. The van der Waals surface area contributed by atoms with Crippen molar-refractivity contribution in [2.75, 3.05) is 5.75 Å².